The molecule has 0 saturated heterocycles. The summed E-state index contributed by atoms with van der Waals surface area (Å²) < 4.78 is 30.1. The minimum absolute atomic E-state index is 0. The van der Waals surface area contributed by atoms with Crippen molar-refractivity contribution in [2.24, 2.45) is 5.73 Å². The normalized spacial score (nSPS) is 16.3. The molecule has 0 aliphatic heterocycles. The molecule has 2 atom stereocenters. The van der Waals surface area contributed by atoms with Crippen LogP contribution in [0, 0.1) is 63.7 Å². The third-order valence-corrected chi connectivity index (χ3v) is 9.53. The Kier molecular flexibility index (Phi) is 24.6. The number of aliphatic carboxylic acids is 2. The molecule has 0 aromatic heterocycles. The summed E-state index contributed by atoms with van der Waals surface area (Å²) in [6, 6.07) is -2.36. The molecule has 2 amide bonds. The zero-order valence-electron chi connectivity index (χ0n) is 23.5. The minimum Gasteiger partial charge on any atom is -0.480 e. The fourth-order valence-electron chi connectivity index (χ4n) is 3.06. The molecule has 0 aromatic rings. The molecule has 2 rings (SSSR count). The third-order valence-electron chi connectivity index (χ3n) is 5.36. The average molecular weight is 702 g/mol. The SMILES string of the molecule is N[C@@H](CCC(=O)N[C@@H](CSCCS(=O)(=O)CCSCCOC[C]1[CH][CH][CH][CH]1)C(=O)NCC(=O)O)C(=O)O.[CH]1[CH][CH][CH][CH]1.[Fe+2]. The van der Waals surface area contributed by atoms with Gasteiger partial charge in [-0.15, -0.1) is 0 Å². The van der Waals surface area contributed by atoms with Gasteiger partial charge >= 0.3 is 29.0 Å². The van der Waals surface area contributed by atoms with Crippen LogP contribution in [-0.2, 0) is 50.8 Å². The monoisotopic (exact) mass is 701 g/mol. The zero-order valence-corrected chi connectivity index (χ0v) is 27.1. The molecule has 0 heterocycles. The number of nitrogens with two attached hydrogens (primary N) is 1. The Morgan fingerprint density at radius 3 is 2.05 bits per heavy atom. The summed E-state index contributed by atoms with van der Waals surface area (Å²) in [7, 11) is -3.32. The number of ether oxygens (including phenoxy) is 1. The van der Waals surface area contributed by atoms with Crippen LogP contribution in [0.15, 0.2) is 0 Å². The number of carboxylic acid groups (broad SMARTS) is 2. The number of amides is 2. The molecular formula is C27H39FeN3O9S3+2. The third kappa shape index (κ3) is 23.0. The summed E-state index contributed by atoms with van der Waals surface area (Å²) in [4.78, 5) is 45.9. The average Bonchev–Trinajstić information content (AvgIpc) is 3.69. The fraction of sp³-hybridized carbons (Fsp3) is 0.481. The van der Waals surface area contributed by atoms with Crippen molar-refractivity contribution in [3.8, 4) is 0 Å². The molecule has 43 heavy (non-hydrogen) atoms. The van der Waals surface area contributed by atoms with Gasteiger partial charge in [0.25, 0.3) is 0 Å². The van der Waals surface area contributed by atoms with Crippen molar-refractivity contribution in [3.05, 3.63) is 63.7 Å². The Labute approximate surface area is 274 Å². The number of hydrogen-bond donors (Lipinski definition) is 5. The van der Waals surface area contributed by atoms with Gasteiger partial charge in [-0.25, -0.2) is 8.42 Å². The van der Waals surface area contributed by atoms with Crippen molar-refractivity contribution >= 4 is 57.1 Å². The van der Waals surface area contributed by atoms with Crippen LogP contribution >= 0.6 is 23.5 Å². The number of thioether (sulfide) groups is 2. The van der Waals surface area contributed by atoms with Crippen molar-refractivity contribution in [2.45, 2.75) is 24.9 Å². The molecule has 16 heteroatoms. The van der Waals surface area contributed by atoms with Crippen LogP contribution < -0.4 is 16.4 Å². The largest absolute Gasteiger partial charge is 2.00 e. The first-order chi connectivity index (χ1) is 20.0. The van der Waals surface area contributed by atoms with E-state index in [1.54, 1.807) is 0 Å². The van der Waals surface area contributed by atoms with E-state index in [1.807, 2.05) is 57.8 Å². The second-order valence-corrected chi connectivity index (χ2v) is 13.5. The second-order valence-electron chi connectivity index (χ2n) is 8.86. The standard InChI is InChI=1S/C22H34N3O9S3.C5H5.Fe/c23-17(22(30)31)5-6-19(26)25-18(21(29)24-13-20(27)28)15-36-10-12-37(32,33)11-9-35-8-7-34-14-16-3-1-2-4-16;1-2-4-5-3-1;/h1-4,17-18H,5-15,23H2,(H,24,29)(H,25,26)(H,27,28)(H,30,31);1-5H;/q;;+2/t17-,18-;;/m0../s1. The van der Waals surface area contributed by atoms with E-state index in [0.717, 1.165) is 17.7 Å². The van der Waals surface area contributed by atoms with Crippen molar-refractivity contribution in [1.82, 2.24) is 10.6 Å². The van der Waals surface area contributed by atoms with Crippen molar-refractivity contribution < 1.29 is 59.6 Å². The number of hydrogen-bond acceptors (Lipinski definition) is 10. The summed E-state index contributed by atoms with van der Waals surface area (Å²) in [5, 5.41) is 22.1. The topological polar surface area (TPSA) is 202 Å². The predicted octanol–water partition coefficient (Wildman–Crippen LogP) is 0.186. The Morgan fingerprint density at radius 1 is 0.907 bits per heavy atom. The molecule has 2 aliphatic rings. The van der Waals surface area contributed by atoms with E-state index in [2.05, 4.69) is 10.6 Å². The molecule has 240 valence electrons. The van der Waals surface area contributed by atoms with Gasteiger partial charge in [-0.3, -0.25) is 19.2 Å². The summed E-state index contributed by atoms with van der Waals surface area (Å²) in [5.74, 6) is -1.63. The molecule has 0 bridgehead atoms. The van der Waals surface area contributed by atoms with Crippen LogP contribution in [0.5, 0.6) is 0 Å². The Hall–Kier alpha value is -1.03. The molecule has 0 aromatic carbocycles. The van der Waals surface area contributed by atoms with E-state index >= 15 is 0 Å². The smallest absolute Gasteiger partial charge is 0.480 e. The number of sulfone groups is 1. The van der Waals surface area contributed by atoms with E-state index in [9.17, 15) is 27.6 Å². The molecule has 0 unspecified atom stereocenters. The molecule has 2 fully saturated rings. The number of rotatable bonds is 21. The summed E-state index contributed by atoms with van der Waals surface area (Å²) in [6.07, 6.45) is 17.4. The van der Waals surface area contributed by atoms with Crippen LogP contribution in [0.1, 0.15) is 12.8 Å². The Balaban J connectivity index is 0.00000265. The van der Waals surface area contributed by atoms with E-state index in [1.165, 1.54) is 11.8 Å². The van der Waals surface area contributed by atoms with Gasteiger partial charge in [-0.1, -0.05) is 0 Å². The molecule has 10 radical (unpaired) electrons. The number of carbonyl (C=O) groups is 4. The van der Waals surface area contributed by atoms with Crippen LogP contribution in [0.3, 0.4) is 0 Å². The van der Waals surface area contributed by atoms with Crippen LogP contribution in [-0.4, -0.2) is 109 Å². The van der Waals surface area contributed by atoms with Crippen LogP contribution in [0.4, 0.5) is 0 Å². The minimum atomic E-state index is -3.32. The van der Waals surface area contributed by atoms with Crippen LogP contribution in [0.25, 0.3) is 0 Å². The number of carboxylic acids is 2. The molecule has 2 saturated carbocycles. The van der Waals surface area contributed by atoms with Crippen molar-refractivity contribution in [2.75, 3.05) is 54.3 Å². The number of carbonyl (C=O) groups excluding carboxylic acids is 2. The van der Waals surface area contributed by atoms with Gasteiger partial charge in [-0.05, 0) is 64.2 Å². The van der Waals surface area contributed by atoms with Gasteiger partial charge in [0.1, 0.15) is 18.6 Å². The Bertz CT molecular complexity index is 911. The summed E-state index contributed by atoms with van der Waals surface area (Å²) >= 11 is 2.61. The first-order valence-electron chi connectivity index (χ1n) is 13.1. The fourth-order valence-corrected chi connectivity index (χ4v) is 7.32. The first-order valence-corrected chi connectivity index (χ1v) is 17.2. The van der Waals surface area contributed by atoms with Gasteiger partial charge in [0, 0.05) is 35.4 Å². The maximum Gasteiger partial charge on any atom is 2.00 e. The molecule has 2 aliphatic carbocycles. The Morgan fingerprint density at radius 2 is 1.49 bits per heavy atom. The maximum absolute atomic E-state index is 12.3. The second kappa shape index (κ2) is 25.2. The van der Waals surface area contributed by atoms with Gasteiger partial charge in [0.05, 0.1) is 24.7 Å². The van der Waals surface area contributed by atoms with E-state index < -0.39 is 52.2 Å². The van der Waals surface area contributed by atoms with Gasteiger partial charge in [0.15, 0.2) is 9.84 Å². The summed E-state index contributed by atoms with van der Waals surface area (Å²) in [5.41, 5.74) is 5.37. The molecular weight excluding hydrogens is 662 g/mol. The van der Waals surface area contributed by atoms with Gasteiger partial charge in [0.2, 0.25) is 11.8 Å². The zero-order chi connectivity index (χ0) is 31.2. The maximum atomic E-state index is 12.3. The molecule has 12 nitrogen and oxygen atoms in total. The predicted molar refractivity (Wildman–Crippen MR) is 163 cm³/mol. The van der Waals surface area contributed by atoms with Crippen molar-refractivity contribution in [1.29, 1.82) is 0 Å². The number of nitrogens with one attached hydrogen (secondary N) is 2. The van der Waals surface area contributed by atoms with Gasteiger partial charge < -0.3 is 31.3 Å². The van der Waals surface area contributed by atoms with Crippen LogP contribution in [0.2, 0.25) is 0 Å². The van der Waals surface area contributed by atoms with Crippen molar-refractivity contribution in [3.63, 3.8) is 0 Å². The van der Waals surface area contributed by atoms with E-state index in [0.29, 0.717) is 24.7 Å². The van der Waals surface area contributed by atoms with Gasteiger partial charge in [-0.2, -0.15) is 23.5 Å². The quantitative estimate of drug-likeness (QED) is 0.0805. The van der Waals surface area contributed by atoms with E-state index in [-0.39, 0.29) is 52.9 Å². The molecule has 6 N–H and O–H groups in total. The summed E-state index contributed by atoms with van der Waals surface area (Å²) in [6.45, 7) is 0.393. The molecule has 0 spiro atoms. The first kappa shape index (κ1) is 42.0. The van der Waals surface area contributed by atoms with E-state index in [4.69, 9.17) is 20.7 Å².